The molecule has 35 heavy (non-hydrogen) atoms. The van der Waals surface area contributed by atoms with Gasteiger partial charge in [-0.15, -0.1) is 0 Å². The van der Waals surface area contributed by atoms with E-state index in [1.54, 1.807) is 7.05 Å². The smallest absolute Gasteiger partial charge is 0.242 e. The topological polar surface area (TPSA) is 67.7 Å². The summed E-state index contributed by atoms with van der Waals surface area (Å²) in [6.45, 7) is 8.85. The van der Waals surface area contributed by atoms with Crippen LogP contribution in [-0.4, -0.2) is 68.8 Å². The molecule has 0 aromatic heterocycles. The lowest BCUT2D eigenvalue weighted by Crippen LogP contribution is -2.49. The van der Waals surface area contributed by atoms with Crippen molar-refractivity contribution in [2.75, 3.05) is 46.3 Å². The second-order valence-corrected chi connectivity index (χ2v) is 11.4. The summed E-state index contributed by atoms with van der Waals surface area (Å²) < 4.78 is 40.1. The molecule has 0 spiro atoms. The van der Waals surface area contributed by atoms with Crippen molar-refractivity contribution in [3.8, 4) is 6.07 Å². The first-order chi connectivity index (χ1) is 16.8. The molecule has 6 nitrogen and oxygen atoms in total. The van der Waals surface area contributed by atoms with Gasteiger partial charge in [0.25, 0.3) is 0 Å². The number of piperazine rings is 1. The number of nitrogens with zero attached hydrogens (tertiary/aromatic N) is 4. The third kappa shape index (κ3) is 7.11. The first-order valence-electron chi connectivity index (χ1n) is 12.4. The van der Waals surface area contributed by atoms with E-state index in [-0.39, 0.29) is 4.90 Å². The van der Waals surface area contributed by atoms with Gasteiger partial charge in [0.1, 0.15) is 5.82 Å². The SMILES string of the molecule is CCCCCC(c1ccc(C#N)c(C)c1)N1CCN(CCN(C)S(=O)(=O)c2ccc(F)cc2)CC1. The Morgan fingerprint density at radius 2 is 1.77 bits per heavy atom. The zero-order chi connectivity index (χ0) is 25.4. The Kier molecular flexibility index (Phi) is 9.81. The first kappa shape index (κ1) is 27.3. The van der Waals surface area contributed by atoms with E-state index >= 15 is 0 Å². The van der Waals surface area contributed by atoms with Gasteiger partial charge < -0.3 is 0 Å². The van der Waals surface area contributed by atoms with Crippen LogP contribution in [0.2, 0.25) is 0 Å². The first-order valence-corrected chi connectivity index (χ1v) is 13.9. The Balaban J connectivity index is 1.58. The molecule has 0 amide bonds. The van der Waals surface area contributed by atoms with Gasteiger partial charge in [-0.2, -0.15) is 9.57 Å². The van der Waals surface area contributed by atoms with Crippen LogP contribution in [0.1, 0.15) is 55.3 Å². The Labute approximate surface area is 210 Å². The number of likely N-dealkylation sites (N-methyl/N-ethyl adjacent to an activating group) is 1. The number of halogens is 1. The van der Waals surface area contributed by atoms with Crippen LogP contribution in [0.15, 0.2) is 47.4 Å². The van der Waals surface area contributed by atoms with Crippen LogP contribution >= 0.6 is 0 Å². The van der Waals surface area contributed by atoms with Crippen LogP contribution in [0, 0.1) is 24.1 Å². The van der Waals surface area contributed by atoms with Crippen LogP contribution in [0.3, 0.4) is 0 Å². The Morgan fingerprint density at radius 3 is 2.37 bits per heavy atom. The Bertz CT molecular complexity index is 1110. The third-order valence-electron chi connectivity index (χ3n) is 6.94. The number of benzene rings is 2. The minimum atomic E-state index is -3.63. The second-order valence-electron chi connectivity index (χ2n) is 9.36. The largest absolute Gasteiger partial charge is 0.299 e. The van der Waals surface area contributed by atoms with E-state index in [0.29, 0.717) is 19.1 Å². The zero-order valence-corrected chi connectivity index (χ0v) is 21.9. The van der Waals surface area contributed by atoms with Crippen LogP contribution < -0.4 is 0 Å². The minimum Gasteiger partial charge on any atom is -0.299 e. The highest BCUT2D eigenvalue weighted by Gasteiger charge is 2.26. The Morgan fingerprint density at radius 1 is 1.09 bits per heavy atom. The highest BCUT2D eigenvalue weighted by molar-refractivity contribution is 7.89. The second kappa shape index (κ2) is 12.6. The molecule has 3 rings (SSSR count). The fourth-order valence-electron chi connectivity index (χ4n) is 4.65. The summed E-state index contributed by atoms with van der Waals surface area (Å²) in [5.41, 5.74) is 3.02. The van der Waals surface area contributed by atoms with E-state index in [4.69, 9.17) is 0 Å². The summed E-state index contributed by atoms with van der Waals surface area (Å²) in [5.74, 6) is -0.450. The van der Waals surface area contributed by atoms with E-state index in [1.165, 1.54) is 53.4 Å². The quantitative estimate of drug-likeness (QED) is 0.423. The van der Waals surface area contributed by atoms with Gasteiger partial charge in [0, 0.05) is 52.4 Å². The molecular formula is C27H37FN4O2S. The molecule has 0 saturated carbocycles. The zero-order valence-electron chi connectivity index (χ0n) is 21.1. The summed E-state index contributed by atoms with van der Waals surface area (Å²) in [4.78, 5) is 4.95. The minimum absolute atomic E-state index is 0.110. The molecule has 1 unspecified atom stereocenters. The van der Waals surface area contributed by atoms with Crippen molar-refractivity contribution in [2.24, 2.45) is 0 Å². The van der Waals surface area contributed by atoms with Crippen LogP contribution in [0.5, 0.6) is 0 Å². The molecule has 1 aliphatic rings. The lowest BCUT2D eigenvalue weighted by molar-refractivity contribution is 0.0888. The molecule has 1 atom stereocenters. The van der Waals surface area contributed by atoms with E-state index < -0.39 is 15.8 Å². The number of hydrogen-bond acceptors (Lipinski definition) is 5. The van der Waals surface area contributed by atoms with Crippen LogP contribution in [0.25, 0.3) is 0 Å². The van der Waals surface area contributed by atoms with Crippen LogP contribution in [-0.2, 0) is 10.0 Å². The van der Waals surface area contributed by atoms with Crippen molar-refractivity contribution in [3.63, 3.8) is 0 Å². The average Bonchev–Trinajstić information content (AvgIpc) is 2.86. The maximum atomic E-state index is 13.2. The van der Waals surface area contributed by atoms with Gasteiger partial charge >= 0.3 is 0 Å². The maximum absolute atomic E-state index is 13.2. The number of sulfonamides is 1. The number of rotatable bonds is 11. The molecule has 0 aliphatic carbocycles. The predicted octanol–water partition coefficient (Wildman–Crippen LogP) is 4.57. The summed E-state index contributed by atoms with van der Waals surface area (Å²) in [6, 6.07) is 13.8. The highest BCUT2D eigenvalue weighted by atomic mass is 32.2. The summed E-state index contributed by atoms with van der Waals surface area (Å²) in [7, 11) is -2.06. The van der Waals surface area contributed by atoms with E-state index in [2.05, 4.69) is 34.9 Å². The molecule has 0 N–H and O–H groups in total. The van der Waals surface area contributed by atoms with Gasteiger partial charge in [-0.1, -0.05) is 38.3 Å². The molecule has 1 fully saturated rings. The van der Waals surface area contributed by atoms with Gasteiger partial charge in [-0.3, -0.25) is 9.80 Å². The van der Waals surface area contributed by atoms with E-state index in [0.717, 1.165) is 43.7 Å². The predicted molar refractivity (Wildman–Crippen MR) is 137 cm³/mol. The van der Waals surface area contributed by atoms with Crippen molar-refractivity contribution >= 4 is 10.0 Å². The monoisotopic (exact) mass is 500 g/mol. The molecule has 190 valence electrons. The molecule has 2 aromatic rings. The van der Waals surface area contributed by atoms with Gasteiger partial charge in [-0.05, 0) is 54.8 Å². The normalized spacial score (nSPS) is 16.3. The summed E-state index contributed by atoms with van der Waals surface area (Å²) in [6.07, 6.45) is 4.66. The molecule has 0 bridgehead atoms. The third-order valence-corrected chi connectivity index (χ3v) is 8.81. The van der Waals surface area contributed by atoms with E-state index in [9.17, 15) is 18.1 Å². The van der Waals surface area contributed by atoms with Crippen molar-refractivity contribution in [2.45, 2.75) is 50.5 Å². The average molecular weight is 501 g/mol. The van der Waals surface area contributed by atoms with E-state index in [1.807, 2.05) is 13.0 Å². The fourth-order valence-corrected chi connectivity index (χ4v) is 5.82. The lowest BCUT2D eigenvalue weighted by atomic mass is 9.95. The van der Waals surface area contributed by atoms with Gasteiger partial charge in [0.15, 0.2) is 0 Å². The van der Waals surface area contributed by atoms with Crippen molar-refractivity contribution in [3.05, 3.63) is 65.0 Å². The number of unbranched alkanes of at least 4 members (excludes halogenated alkanes) is 2. The van der Waals surface area contributed by atoms with Crippen LogP contribution in [0.4, 0.5) is 4.39 Å². The molecular weight excluding hydrogens is 463 g/mol. The molecule has 8 heteroatoms. The standard InChI is InChI=1S/C27H37FN4O2S/c1-4-5-6-7-27(23-8-9-24(21-29)22(2)20-23)32-18-16-31(17-19-32)15-14-30(3)35(33,34)26-12-10-25(28)11-13-26/h8-13,20,27H,4-7,14-19H2,1-3H3. The lowest BCUT2D eigenvalue weighted by Gasteiger charge is -2.40. The summed E-state index contributed by atoms with van der Waals surface area (Å²) in [5, 5.41) is 9.29. The molecule has 1 aliphatic heterocycles. The van der Waals surface area contributed by atoms with Gasteiger partial charge in [0.05, 0.1) is 16.5 Å². The van der Waals surface area contributed by atoms with Crippen molar-refractivity contribution in [1.29, 1.82) is 5.26 Å². The summed E-state index contributed by atoms with van der Waals surface area (Å²) >= 11 is 0. The highest BCUT2D eigenvalue weighted by Crippen LogP contribution is 2.29. The Hall–Kier alpha value is -2.31. The molecule has 1 heterocycles. The number of nitriles is 1. The van der Waals surface area contributed by atoms with Gasteiger partial charge in [0.2, 0.25) is 10.0 Å². The molecule has 2 aromatic carbocycles. The molecule has 0 radical (unpaired) electrons. The number of aryl methyl sites for hydroxylation is 1. The van der Waals surface area contributed by atoms with Crippen molar-refractivity contribution < 1.29 is 12.8 Å². The maximum Gasteiger partial charge on any atom is 0.242 e. The van der Waals surface area contributed by atoms with Gasteiger partial charge in [-0.25, -0.2) is 12.8 Å². The fraction of sp³-hybridized carbons (Fsp3) is 0.519. The molecule has 1 saturated heterocycles. The van der Waals surface area contributed by atoms with Crippen molar-refractivity contribution in [1.82, 2.24) is 14.1 Å². The number of hydrogen-bond donors (Lipinski definition) is 0.